The number of benzene rings is 2. The molecule has 2 aromatic carbocycles. The number of allylic oxidation sites excluding steroid dienone is 1. The van der Waals surface area contributed by atoms with Crippen LogP contribution in [0.2, 0.25) is 0 Å². The molecule has 4 rings (SSSR count). The second kappa shape index (κ2) is 5.43. The van der Waals surface area contributed by atoms with Gasteiger partial charge in [-0.15, -0.1) is 6.58 Å². The van der Waals surface area contributed by atoms with Crippen LogP contribution in [0.15, 0.2) is 61.2 Å². The molecule has 0 spiro atoms. The van der Waals surface area contributed by atoms with Gasteiger partial charge in [0.25, 0.3) is 0 Å². The lowest BCUT2D eigenvalue weighted by Gasteiger charge is -2.35. The SMILES string of the molecule is C=C[C@@H](c1ccc(OC)cc1)[C@@]12CCO[C@@H]1Nc1ccccc12. The van der Waals surface area contributed by atoms with Crippen molar-refractivity contribution in [2.45, 2.75) is 24.0 Å². The predicted octanol–water partition coefficient (Wildman–Crippen LogP) is 4.07. The summed E-state index contributed by atoms with van der Waals surface area (Å²) in [6, 6.07) is 16.8. The molecule has 1 saturated heterocycles. The monoisotopic (exact) mass is 307 g/mol. The van der Waals surface area contributed by atoms with E-state index >= 15 is 0 Å². The highest BCUT2D eigenvalue weighted by Crippen LogP contribution is 2.55. The maximum atomic E-state index is 6.03. The molecule has 0 bridgehead atoms. The lowest BCUT2D eigenvalue weighted by atomic mass is 9.67. The van der Waals surface area contributed by atoms with Gasteiger partial charge in [0.1, 0.15) is 12.0 Å². The third-order valence-corrected chi connectivity index (χ3v) is 5.25. The third-order valence-electron chi connectivity index (χ3n) is 5.25. The van der Waals surface area contributed by atoms with E-state index in [2.05, 4.69) is 54.4 Å². The van der Waals surface area contributed by atoms with Crippen LogP contribution in [0, 0.1) is 0 Å². The second-order valence-corrected chi connectivity index (χ2v) is 6.22. The van der Waals surface area contributed by atoms with Crippen LogP contribution in [0.5, 0.6) is 5.75 Å². The van der Waals surface area contributed by atoms with Crippen LogP contribution in [-0.2, 0) is 10.2 Å². The van der Waals surface area contributed by atoms with E-state index in [9.17, 15) is 0 Å². The van der Waals surface area contributed by atoms with E-state index in [0.717, 1.165) is 18.8 Å². The first-order chi connectivity index (χ1) is 11.3. The molecule has 2 heterocycles. The Hall–Kier alpha value is -2.26. The second-order valence-electron chi connectivity index (χ2n) is 6.22. The molecule has 118 valence electrons. The minimum Gasteiger partial charge on any atom is -0.497 e. The molecule has 2 aliphatic rings. The van der Waals surface area contributed by atoms with E-state index < -0.39 is 0 Å². The molecular formula is C20H21NO2. The van der Waals surface area contributed by atoms with E-state index in [1.54, 1.807) is 7.11 Å². The van der Waals surface area contributed by atoms with Crippen molar-refractivity contribution in [2.24, 2.45) is 0 Å². The fraction of sp³-hybridized carbons (Fsp3) is 0.300. The van der Waals surface area contributed by atoms with Gasteiger partial charge in [-0.25, -0.2) is 0 Å². The molecule has 3 heteroatoms. The molecule has 0 aliphatic carbocycles. The van der Waals surface area contributed by atoms with E-state index in [4.69, 9.17) is 9.47 Å². The number of rotatable bonds is 4. The number of ether oxygens (including phenoxy) is 2. The standard InChI is InChI=1S/C20H21NO2/c1-3-16(14-8-10-15(22-2)11-9-14)20-12-13-23-19(20)21-18-7-5-4-6-17(18)20/h3-11,16,19,21H,1,12-13H2,2H3/t16-,19-,20+/m0/s1. The molecule has 2 aliphatic heterocycles. The lowest BCUT2D eigenvalue weighted by molar-refractivity contribution is 0.103. The Morgan fingerprint density at radius 3 is 2.78 bits per heavy atom. The van der Waals surface area contributed by atoms with Crippen molar-refractivity contribution in [3.63, 3.8) is 0 Å². The molecule has 23 heavy (non-hydrogen) atoms. The maximum absolute atomic E-state index is 6.03. The molecule has 0 unspecified atom stereocenters. The summed E-state index contributed by atoms with van der Waals surface area (Å²) in [5.74, 6) is 1.07. The number of fused-ring (bicyclic) bond motifs is 3. The minimum absolute atomic E-state index is 0.00463. The summed E-state index contributed by atoms with van der Waals surface area (Å²) in [4.78, 5) is 0. The van der Waals surface area contributed by atoms with Crippen LogP contribution in [0.3, 0.4) is 0 Å². The summed E-state index contributed by atoms with van der Waals surface area (Å²) in [5, 5.41) is 3.55. The maximum Gasteiger partial charge on any atom is 0.138 e. The van der Waals surface area contributed by atoms with E-state index in [1.165, 1.54) is 16.8 Å². The number of nitrogens with one attached hydrogen (secondary N) is 1. The Balaban J connectivity index is 1.83. The Morgan fingerprint density at radius 2 is 2.04 bits per heavy atom. The van der Waals surface area contributed by atoms with Crippen LogP contribution in [-0.4, -0.2) is 19.9 Å². The average Bonchev–Trinajstić information content (AvgIpc) is 3.13. The predicted molar refractivity (Wildman–Crippen MR) is 92.0 cm³/mol. The summed E-state index contributed by atoms with van der Waals surface area (Å²) in [6.45, 7) is 4.91. The van der Waals surface area contributed by atoms with Gasteiger partial charge >= 0.3 is 0 Å². The van der Waals surface area contributed by atoms with Gasteiger partial charge in [0.15, 0.2) is 0 Å². The molecule has 1 fully saturated rings. The zero-order valence-corrected chi connectivity index (χ0v) is 13.3. The van der Waals surface area contributed by atoms with Crippen LogP contribution in [0.25, 0.3) is 0 Å². The lowest BCUT2D eigenvalue weighted by Crippen LogP contribution is -2.39. The Labute approximate surface area is 136 Å². The third kappa shape index (κ3) is 2.00. The van der Waals surface area contributed by atoms with Gasteiger partial charge in [0.2, 0.25) is 0 Å². The van der Waals surface area contributed by atoms with E-state index in [0.29, 0.717) is 0 Å². The number of hydrogen-bond donors (Lipinski definition) is 1. The normalized spacial score (nSPS) is 26.0. The minimum atomic E-state index is -0.0903. The van der Waals surface area contributed by atoms with Crippen molar-refractivity contribution in [3.8, 4) is 5.75 Å². The van der Waals surface area contributed by atoms with E-state index in [-0.39, 0.29) is 17.6 Å². The van der Waals surface area contributed by atoms with Gasteiger partial charge in [0, 0.05) is 11.6 Å². The molecule has 3 atom stereocenters. The first-order valence-corrected chi connectivity index (χ1v) is 8.04. The molecule has 0 aromatic heterocycles. The van der Waals surface area contributed by atoms with Crippen LogP contribution >= 0.6 is 0 Å². The van der Waals surface area contributed by atoms with Crippen molar-refractivity contribution in [3.05, 3.63) is 72.3 Å². The highest BCUT2D eigenvalue weighted by atomic mass is 16.5. The Kier molecular flexibility index (Phi) is 3.38. The Bertz CT molecular complexity index is 725. The van der Waals surface area contributed by atoms with Crippen LogP contribution in [0.4, 0.5) is 5.69 Å². The molecule has 0 radical (unpaired) electrons. The summed E-state index contributed by atoms with van der Waals surface area (Å²) >= 11 is 0. The largest absolute Gasteiger partial charge is 0.497 e. The molecular weight excluding hydrogens is 286 g/mol. The molecule has 3 nitrogen and oxygen atoms in total. The zero-order chi connectivity index (χ0) is 15.9. The van der Waals surface area contributed by atoms with Crippen molar-refractivity contribution in [2.75, 3.05) is 19.0 Å². The molecule has 1 N–H and O–H groups in total. The summed E-state index contributed by atoms with van der Waals surface area (Å²) < 4.78 is 11.3. The highest BCUT2D eigenvalue weighted by Gasteiger charge is 2.55. The van der Waals surface area contributed by atoms with Crippen molar-refractivity contribution >= 4 is 5.69 Å². The number of para-hydroxylation sites is 1. The van der Waals surface area contributed by atoms with E-state index in [1.807, 2.05) is 12.1 Å². The van der Waals surface area contributed by atoms with Gasteiger partial charge < -0.3 is 14.8 Å². The van der Waals surface area contributed by atoms with Crippen LogP contribution in [0.1, 0.15) is 23.5 Å². The highest BCUT2D eigenvalue weighted by molar-refractivity contribution is 5.64. The topological polar surface area (TPSA) is 30.5 Å². The molecule has 0 saturated carbocycles. The fourth-order valence-electron chi connectivity index (χ4n) is 4.17. The average molecular weight is 307 g/mol. The molecule has 0 amide bonds. The first-order valence-electron chi connectivity index (χ1n) is 8.04. The van der Waals surface area contributed by atoms with Crippen LogP contribution < -0.4 is 10.1 Å². The summed E-state index contributed by atoms with van der Waals surface area (Å²) in [5.41, 5.74) is 3.67. The van der Waals surface area contributed by atoms with Crippen molar-refractivity contribution < 1.29 is 9.47 Å². The Morgan fingerprint density at radius 1 is 1.26 bits per heavy atom. The van der Waals surface area contributed by atoms with Crippen molar-refractivity contribution in [1.82, 2.24) is 0 Å². The van der Waals surface area contributed by atoms with Gasteiger partial charge in [-0.3, -0.25) is 0 Å². The van der Waals surface area contributed by atoms with Crippen molar-refractivity contribution in [1.29, 1.82) is 0 Å². The first kappa shape index (κ1) is 14.3. The number of anilines is 1. The van der Waals surface area contributed by atoms with Gasteiger partial charge in [-0.05, 0) is 35.7 Å². The zero-order valence-electron chi connectivity index (χ0n) is 13.3. The summed E-state index contributed by atoms with van der Waals surface area (Å²) in [7, 11) is 1.69. The van der Waals surface area contributed by atoms with Gasteiger partial charge in [-0.2, -0.15) is 0 Å². The number of methoxy groups -OCH3 is 1. The number of hydrogen-bond acceptors (Lipinski definition) is 3. The van der Waals surface area contributed by atoms with Gasteiger partial charge in [-0.1, -0.05) is 36.4 Å². The quantitative estimate of drug-likeness (QED) is 0.864. The molecule has 2 aromatic rings. The smallest absolute Gasteiger partial charge is 0.138 e. The fourth-order valence-corrected chi connectivity index (χ4v) is 4.17. The van der Waals surface area contributed by atoms with Gasteiger partial charge in [0.05, 0.1) is 19.1 Å². The summed E-state index contributed by atoms with van der Waals surface area (Å²) in [6.07, 6.45) is 3.06.